The summed E-state index contributed by atoms with van der Waals surface area (Å²) in [7, 11) is 0. The third kappa shape index (κ3) is 0.866. The standard InChI is InChI=1S/C9H12N2S/c10-9(8-11-1-2-12-8)4-6-3-7(6)5-9/h1-2,6-7H,3-5,10H2. The molecule has 0 aromatic carbocycles. The van der Waals surface area contributed by atoms with Crippen molar-refractivity contribution in [1.82, 2.24) is 4.98 Å². The molecule has 1 heterocycles. The molecule has 0 amide bonds. The Bertz CT molecular complexity index is 283. The summed E-state index contributed by atoms with van der Waals surface area (Å²) < 4.78 is 0. The first-order chi connectivity index (χ1) is 5.78. The van der Waals surface area contributed by atoms with Gasteiger partial charge in [0, 0.05) is 11.6 Å². The molecule has 0 saturated heterocycles. The van der Waals surface area contributed by atoms with Crippen molar-refractivity contribution in [3.05, 3.63) is 16.6 Å². The van der Waals surface area contributed by atoms with Crippen molar-refractivity contribution in [2.24, 2.45) is 17.6 Å². The highest BCUT2D eigenvalue weighted by Crippen LogP contribution is 2.58. The SMILES string of the molecule is NC1(c2nccs2)CC2CC2C1. The summed E-state index contributed by atoms with van der Waals surface area (Å²) in [6, 6.07) is 0. The second-order valence-corrected chi connectivity index (χ2v) is 5.05. The Morgan fingerprint density at radius 3 is 2.83 bits per heavy atom. The number of nitrogens with two attached hydrogens (primary N) is 1. The quantitative estimate of drug-likeness (QED) is 0.714. The maximum atomic E-state index is 6.29. The van der Waals surface area contributed by atoms with Gasteiger partial charge in [-0.2, -0.15) is 0 Å². The second kappa shape index (κ2) is 2.09. The van der Waals surface area contributed by atoms with E-state index in [1.54, 1.807) is 11.3 Å². The van der Waals surface area contributed by atoms with E-state index in [1.807, 2.05) is 11.6 Å². The molecular weight excluding hydrogens is 168 g/mol. The van der Waals surface area contributed by atoms with E-state index in [2.05, 4.69) is 4.98 Å². The monoisotopic (exact) mass is 180 g/mol. The lowest BCUT2D eigenvalue weighted by Crippen LogP contribution is -2.34. The first kappa shape index (κ1) is 7.04. The van der Waals surface area contributed by atoms with Crippen molar-refractivity contribution in [2.75, 3.05) is 0 Å². The molecule has 1 aromatic rings. The normalized spacial score (nSPS) is 44.4. The fraction of sp³-hybridized carbons (Fsp3) is 0.667. The van der Waals surface area contributed by atoms with Gasteiger partial charge in [0.05, 0.1) is 5.54 Å². The molecule has 2 unspecified atom stereocenters. The Labute approximate surface area is 75.8 Å². The fourth-order valence-electron chi connectivity index (χ4n) is 2.47. The molecule has 1 aromatic heterocycles. The van der Waals surface area contributed by atoms with E-state index in [4.69, 9.17) is 5.73 Å². The Hall–Kier alpha value is -0.410. The number of rotatable bonds is 1. The van der Waals surface area contributed by atoms with Crippen LogP contribution in [0.15, 0.2) is 11.6 Å². The van der Waals surface area contributed by atoms with Gasteiger partial charge in [-0.1, -0.05) is 0 Å². The van der Waals surface area contributed by atoms with Gasteiger partial charge in [0.2, 0.25) is 0 Å². The minimum atomic E-state index is -0.0538. The largest absolute Gasteiger partial charge is 0.319 e. The van der Waals surface area contributed by atoms with Crippen LogP contribution in [0.5, 0.6) is 0 Å². The molecule has 0 aliphatic heterocycles. The molecule has 3 rings (SSSR count). The average molecular weight is 180 g/mol. The van der Waals surface area contributed by atoms with Gasteiger partial charge in [0.25, 0.3) is 0 Å². The Morgan fingerprint density at radius 2 is 2.25 bits per heavy atom. The first-order valence-corrected chi connectivity index (χ1v) is 5.35. The molecule has 2 fully saturated rings. The second-order valence-electron chi connectivity index (χ2n) is 4.16. The van der Waals surface area contributed by atoms with Crippen molar-refractivity contribution in [2.45, 2.75) is 24.8 Å². The molecule has 0 bridgehead atoms. The van der Waals surface area contributed by atoms with Crippen molar-refractivity contribution in [3.8, 4) is 0 Å². The number of hydrogen-bond acceptors (Lipinski definition) is 3. The number of hydrogen-bond donors (Lipinski definition) is 1. The van der Waals surface area contributed by atoms with E-state index in [1.165, 1.54) is 19.3 Å². The zero-order valence-corrected chi connectivity index (χ0v) is 7.68. The van der Waals surface area contributed by atoms with Gasteiger partial charge in [-0.15, -0.1) is 11.3 Å². The highest BCUT2D eigenvalue weighted by Gasteiger charge is 2.53. The van der Waals surface area contributed by atoms with Crippen LogP contribution in [0.1, 0.15) is 24.3 Å². The van der Waals surface area contributed by atoms with Crippen molar-refractivity contribution < 1.29 is 0 Å². The molecular formula is C9H12N2S. The van der Waals surface area contributed by atoms with Crippen molar-refractivity contribution >= 4 is 11.3 Å². The van der Waals surface area contributed by atoms with Crippen LogP contribution in [0, 0.1) is 11.8 Å². The van der Waals surface area contributed by atoms with Crippen molar-refractivity contribution in [1.29, 1.82) is 0 Å². The fourth-order valence-corrected chi connectivity index (χ4v) is 3.25. The summed E-state index contributed by atoms with van der Waals surface area (Å²) in [5.41, 5.74) is 6.24. The molecule has 2 atom stereocenters. The van der Waals surface area contributed by atoms with Gasteiger partial charge in [0.15, 0.2) is 0 Å². The topological polar surface area (TPSA) is 38.9 Å². The maximum absolute atomic E-state index is 6.29. The third-order valence-electron chi connectivity index (χ3n) is 3.18. The van der Waals surface area contributed by atoms with Crippen LogP contribution in [-0.4, -0.2) is 4.98 Å². The van der Waals surface area contributed by atoms with Crippen LogP contribution in [0.25, 0.3) is 0 Å². The van der Waals surface area contributed by atoms with E-state index >= 15 is 0 Å². The van der Waals surface area contributed by atoms with Gasteiger partial charge in [-0.05, 0) is 31.1 Å². The summed E-state index contributed by atoms with van der Waals surface area (Å²) in [4.78, 5) is 4.32. The zero-order valence-electron chi connectivity index (χ0n) is 6.86. The van der Waals surface area contributed by atoms with Gasteiger partial charge < -0.3 is 5.73 Å². The molecule has 12 heavy (non-hydrogen) atoms. The predicted molar refractivity (Wildman–Crippen MR) is 48.8 cm³/mol. The Balaban J connectivity index is 1.92. The van der Waals surface area contributed by atoms with Crippen molar-refractivity contribution in [3.63, 3.8) is 0 Å². The van der Waals surface area contributed by atoms with Crippen LogP contribution in [0.3, 0.4) is 0 Å². The Kier molecular flexibility index (Phi) is 1.23. The smallest absolute Gasteiger partial charge is 0.112 e. The number of aromatic nitrogens is 1. The van der Waals surface area contributed by atoms with E-state index in [0.29, 0.717) is 0 Å². The van der Waals surface area contributed by atoms with E-state index in [0.717, 1.165) is 16.8 Å². The lowest BCUT2D eigenvalue weighted by Gasteiger charge is -2.22. The minimum Gasteiger partial charge on any atom is -0.319 e. The number of thiazole rings is 1. The zero-order chi connectivity index (χ0) is 8.18. The molecule has 2 aliphatic rings. The molecule has 2 saturated carbocycles. The highest BCUT2D eigenvalue weighted by molar-refractivity contribution is 7.09. The molecule has 2 aliphatic carbocycles. The van der Waals surface area contributed by atoms with Crippen LogP contribution in [0.2, 0.25) is 0 Å². The van der Waals surface area contributed by atoms with Crippen LogP contribution >= 0.6 is 11.3 Å². The molecule has 2 nitrogen and oxygen atoms in total. The lowest BCUT2D eigenvalue weighted by molar-refractivity contribution is 0.409. The van der Waals surface area contributed by atoms with Gasteiger partial charge in [0.1, 0.15) is 5.01 Å². The van der Waals surface area contributed by atoms with Crippen LogP contribution in [0.4, 0.5) is 0 Å². The summed E-state index contributed by atoms with van der Waals surface area (Å²) in [5.74, 6) is 1.86. The molecule has 2 N–H and O–H groups in total. The van der Waals surface area contributed by atoms with Crippen LogP contribution < -0.4 is 5.73 Å². The van der Waals surface area contributed by atoms with E-state index in [9.17, 15) is 0 Å². The van der Waals surface area contributed by atoms with E-state index in [-0.39, 0.29) is 5.54 Å². The van der Waals surface area contributed by atoms with E-state index < -0.39 is 0 Å². The van der Waals surface area contributed by atoms with Gasteiger partial charge in [-0.25, -0.2) is 4.98 Å². The molecule has 64 valence electrons. The summed E-state index contributed by atoms with van der Waals surface area (Å²) in [5, 5.41) is 3.17. The number of fused-ring (bicyclic) bond motifs is 1. The minimum absolute atomic E-state index is 0.0538. The third-order valence-corrected chi connectivity index (χ3v) is 4.17. The van der Waals surface area contributed by atoms with Gasteiger partial charge in [-0.3, -0.25) is 0 Å². The summed E-state index contributed by atoms with van der Waals surface area (Å²) in [6.45, 7) is 0. The molecule has 0 radical (unpaired) electrons. The molecule has 3 heteroatoms. The Morgan fingerprint density at radius 1 is 1.50 bits per heavy atom. The highest BCUT2D eigenvalue weighted by atomic mass is 32.1. The summed E-state index contributed by atoms with van der Waals surface area (Å²) in [6.07, 6.45) is 5.62. The maximum Gasteiger partial charge on any atom is 0.112 e. The molecule has 0 spiro atoms. The summed E-state index contributed by atoms with van der Waals surface area (Å²) >= 11 is 1.71. The van der Waals surface area contributed by atoms with Crippen LogP contribution in [-0.2, 0) is 5.54 Å². The predicted octanol–water partition coefficient (Wildman–Crippen LogP) is 1.73. The first-order valence-electron chi connectivity index (χ1n) is 4.47. The van der Waals surface area contributed by atoms with Gasteiger partial charge >= 0.3 is 0 Å². The average Bonchev–Trinajstić information content (AvgIpc) is 2.59. The lowest BCUT2D eigenvalue weighted by atomic mass is 9.96. The number of nitrogens with zero attached hydrogens (tertiary/aromatic N) is 1.